The fraction of sp³-hybridized carbons (Fsp3) is 0.444. The molecule has 0 aliphatic carbocycles. The van der Waals surface area contributed by atoms with Crippen LogP contribution in [0.4, 0.5) is 14.9 Å². The largest absolute Gasteiger partial charge is 0.444 e. The highest BCUT2D eigenvalue weighted by atomic mass is 32.2. The minimum Gasteiger partial charge on any atom is -0.444 e. The molecule has 4 rings (SSSR count). The van der Waals surface area contributed by atoms with Crippen LogP contribution >= 0.6 is 0 Å². The smallest absolute Gasteiger partial charge is 0.414 e. The minimum absolute atomic E-state index is 0.0316. The second-order valence-electron chi connectivity index (χ2n) is 7.07. The molecule has 1 amide bonds. The van der Waals surface area contributed by atoms with E-state index in [-0.39, 0.29) is 36.6 Å². The van der Waals surface area contributed by atoms with Gasteiger partial charge in [0.1, 0.15) is 18.2 Å². The van der Waals surface area contributed by atoms with Crippen LogP contribution in [-0.2, 0) is 28.4 Å². The van der Waals surface area contributed by atoms with Gasteiger partial charge >= 0.3 is 6.09 Å². The van der Waals surface area contributed by atoms with E-state index in [0.717, 1.165) is 0 Å². The van der Waals surface area contributed by atoms with Crippen molar-refractivity contribution in [1.29, 1.82) is 0 Å². The van der Waals surface area contributed by atoms with Crippen LogP contribution in [0.15, 0.2) is 29.4 Å². The maximum absolute atomic E-state index is 13.5. The molecule has 2 aliphatic rings. The molecule has 8 nitrogen and oxygen atoms in total. The number of carbonyl (C=O) groups excluding carboxylic acids is 1. The first-order valence-electron chi connectivity index (χ1n) is 9.02. The summed E-state index contributed by atoms with van der Waals surface area (Å²) >= 11 is 0. The number of amides is 1. The van der Waals surface area contributed by atoms with Gasteiger partial charge in [0.15, 0.2) is 5.03 Å². The van der Waals surface area contributed by atoms with Gasteiger partial charge in [0, 0.05) is 37.9 Å². The lowest BCUT2D eigenvalue weighted by molar-refractivity contribution is 0.135. The van der Waals surface area contributed by atoms with E-state index >= 15 is 0 Å². The summed E-state index contributed by atoms with van der Waals surface area (Å²) < 4.78 is 47.4. The van der Waals surface area contributed by atoms with Crippen LogP contribution in [0.5, 0.6) is 0 Å². The molecule has 1 saturated heterocycles. The molecule has 1 fully saturated rings. The zero-order valence-electron chi connectivity index (χ0n) is 15.6. The monoisotopic (exact) mass is 408 g/mol. The highest BCUT2D eigenvalue weighted by Crippen LogP contribution is 2.33. The Morgan fingerprint density at radius 1 is 1.25 bits per heavy atom. The topological polar surface area (TPSA) is 84.7 Å². The van der Waals surface area contributed by atoms with Crippen molar-refractivity contribution in [2.24, 2.45) is 7.05 Å². The molecule has 150 valence electrons. The van der Waals surface area contributed by atoms with Gasteiger partial charge in [-0.05, 0) is 38.0 Å². The number of hydrogen-bond donors (Lipinski definition) is 0. The normalized spacial score (nSPS) is 18.8. The number of cyclic esters (lactones) is 1. The average Bonchev–Trinajstić information content (AvgIpc) is 3.01. The predicted octanol–water partition coefficient (Wildman–Crippen LogP) is 2.18. The Hall–Kier alpha value is -2.46. The quantitative estimate of drug-likeness (QED) is 0.777. The van der Waals surface area contributed by atoms with Gasteiger partial charge in [0.25, 0.3) is 10.0 Å². The third-order valence-corrected chi connectivity index (χ3v) is 7.10. The van der Waals surface area contributed by atoms with Crippen molar-refractivity contribution in [3.63, 3.8) is 0 Å². The Morgan fingerprint density at radius 2 is 1.96 bits per heavy atom. The first-order chi connectivity index (χ1) is 13.3. The van der Waals surface area contributed by atoms with E-state index in [1.807, 2.05) is 0 Å². The fourth-order valence-electron chi connectivity index (χ4n) is 3.68. The van der Waals surface area contributed by atoms with Crippen LogP contribution < -0.4 is 4.90 Å². The van der Waals surface area contributed by atoms with Crippen molar-refractivity contribution in [3.05, 3.63) is 41.6 Å². The summed E-state index contributed by atoms with van der Waals surface area (Å²) in [4.78, 5) is 18.0. The molecule has 0 unspecified atom stereocenters. The van der Waals surface area contributed by atoms with Gasteiger partial charge in [0.2, 0.25) is 0 Å². The molecule has 0 atom stereocenters. The number of nitrogens with zero attached hydrogens (tertiary/aromatic N) is 4. The number of rotatable bonds is 3. The average molecular weight is 408 g/mol. The van der Waals surface area contributed by atoms with Crippen LogP contribution in [0.2, 0.25) is 0 Å². The second-order valence-corrected chi connectivity index (χ2v) is 8.95. The molecule has 0 N–H and O–H groups in total. The van der Waals surface area contributed by atoms with Gasteiger partial charge in [-0.2, -0.15) is 4.31 Å². The lowest BCUT2D eigenvalue weighted by Crippen LogP contribution is -2.50. The predicted molar refractivity (Wildman–Crippen MR) is 98.8 cm³/mol. The summed E-state index contributed by atoms with van der Waals surface area (Å²) in [6.07, 6.45) is 1.93. The van der Waals surface area contributed by atoms with E-state index < -0.39 is 16.1 Å². The summed E-state index contributed by atoms with van der Waals surface area (Å²) in [7, 11) is -1.93. The van der Waals surface area contributed by atoms with Crippen molar-refractivity contribution in [3.8, 4) is 0 Å². The molecular formula is C18H21FN4O4S. The van der Waals surface area contributed by atoms with Crippen LogP contribution in [-0.4, -0.2) is 47.5 Å². The van der Waals surface area contributed by atoms with E-state index in [0.29, 0.717) is 29.9 Å². The molecular weight excluding hydrogens is 387 g/mol. The summed E-state index contributed by atoms with van der Waals surface area (Å²) in [5, 5.41) is 0.0316. The van der Waals surface area contributed by atoms with Crippen molar-refractivity contribution in [2.75, 3.05) is 18.0 Å². The lowest BCUT2D eigenvalue weighted by Gasteiger charge is -2.39. The lowest BCUT2D eigenvalue weighted by atomic mass is 10.0. The zero-order chi connectivity index (χ0) is 20.1. The van der Waals surface area contributed by atoms with E-state index in [1.165, 1.54) is 27.5 Å². The van der Waals surface area contributed by atoms with Crippen LogP contribution in [0, 0.1) is 12.7 Å². The molecule has 0 bridgehead atoms. The van der Waals surface area contributed by atoms with Crippen molar-refractivity contribution in [2.45, 2.75) is 37.4 Å². The summed E-state index contributed by atoms with van der Waals surface area (Å²) in [5.41, 5.74) is 1.23. The Labute approximate surface area is 162 Å². The number of aromatic nitrogens is 2. The zero-order valence-corrected chi connectivity index (χ0v) is 16.4. The molecule has 28 heavy (non-hydrogen) atoms. The fourth-order valence-corrected chi connectivity index (χ4v) is 5.18. The number of halogens is 1. The highest BCUT2D eigenvalue weighted by Gasteiger charge is 2.37. The standard InChI is InChI=1S/C18H21FN4O4S/c1-12-20-17(10-21(12)2)28(25,26)22-7-5-15(6-8-22)23-16-4-3-14(19)9-13(16)11-27-18(23)24/h3-4,9-10,15H,5-8,11H2,1-2H3. The second kappa shape index (κ2) is 6.85. The van der Waals surface area contributed by atoms with Gasteiger partial charge in [-0.25, -0.2) is 22.6 Å². The van der Waals surface area contributed by atoms with E-state index in [9.17, 15) is 17.6 Å². The van der Waals surface area contributed by atoms with Gasteiger partial charge in [0.05, 0.1) is 5.69 Å². The first kappa shape index (κ1) is 18.9. The first-order valence-corrected chi connectivity index (χ1v) is 10.5. The van der Waals surface area contributed by atoms with Gasteiger partial charge in [-0.15, -0.1) is 0 Å². The summed E-state index contributed by atoms with van der Waals surface area (Å²) in [6.45, 7) is 2.31. The maximum Gasteiger partial charge on any atom is 0.414 e. The number of imidazole rings is 1. The number of fused-ring (bicyclic) bond motifs is 1. The number of benzene rings is 1. The van der Waals surface area contributed by atoms with E-state index in [2.05, 4.69) is 4.98 Å². The maximum atomic E-state index is 13.5. The Kier molecular flexibility index (Phi) is 4.62. The Bertz CT molecular complexity index is 1010. The molecule has 0 saturated carbocycles. The van der Waals surface area contributed by atoms with Crippen molar-refractivity contribution < 1.29 is 22.3 Å². The number of sulfonamides is 1. The van der Waals surface area contributed by atoms with Crippen molar-refractivity contribution >= 4 is 21.8 Å². The number of ether oxygens (including phenoxy) is 1. The molecule has 0 spiro atoms. The molecule has 2 aliphatic heterocycles. The summed E-state index contributed by atoms with van der Waals surface area (Å²) in [5.74, 6) is 0.233. The number of piperidine rings is 1. The minimum atomic E-state index is -3.68. The van der Waals surface area contributed by atoms with Crippen LogP contribution in [0.1, 0.15) is 24.2 Å². The number of aryl methyl sites for hydroxylation is 2. The van der Waals surface area contributed by atoms with E-state index in [1.54, 1.807) is 24.6 Å². The third-order valence-electron chi connectivity index (χ3n) is 5.33. The van der Waals surface area contributed by atoms with Crippen LogP contribution in [0.25, 0.3) is 0 Å². The summed E-state index contributed by atoms with van der Waals surface area (Å²) in [6, 6.07) is 4.03. The molecule has 1 aromatic heterocycles. The van der Waals surface area contributed by atoms with E-state index in [4.69, 9.17) is 4.74 Å². The van der Waals surface area contributed by atoms with Crippen LogP contribution in [0.3, 0.4) is 0 Å². The Balaban J connectivity index is 1.52. The molecule has 3 heterocycles. The van der Waals surface area contributed by atoms with Gasteiger partial charge in [-0.1, -0.05) is 0 Å². The number of carbonyl (C=O) groups is 1. The SMILES string of the molecule is Cc1nc(S(=O)(=O)N2CCC(N3C(=O)OCc4cc(F)ccc43)CC2)cn1C. The molecule has 1 aromatic carbocycles. The molecule has 2 aromatic rings. The highest BCUT2D eigenvalue weighted by molar-refractivity contribution is 7.89. The number of anilines is 1. The Morgan fingerprint density at radius 3 is 2.61 bits per heavy atom. The van der Waals surface area contributed by atoms with Gasteiger partial charge < -0.3 is 9.30 Å². The van der Waals surface area contributed by atoms with Crippen molar-refractivity contribution in [1.82, 2.24) is 13.9 Å². The third kappa shape index (κ3) is 3.16. The molecule has 0 radical (unpaired) electrons. The molecule has 10 heteroatoms. The van der Waals surface area contributed by atoms with Gasteiger partial charge in [-0.3, -0.25) is 4.90 Å². The number of hydrogen-bond acceptors (Lipinski definition) is 5.